The summed E-state index contributed by atoms with van der Waals surface area (Å²) in [6.45, 7) is 4.80. The minimum atomic E-state index is -0.301. The molecule has 0 aromatic heterocycles. The van der Waals surface area contributed by atoms with Crippen molar-refractivity contribution < 1.29 is 5.11 Å². The van der Waals surface area contributed by atoms with Gasteiger partial charge in [-0.15, -0.1) is 0 Å². The molecule has 17 heavy (non-hydrogen) atoms. The Kier molecular flexibility index (Phi) is 6.85. The Morgan fingerprint density at radius 1 is 1.18 bits per heavy atom. The van der Waals surface area contributed by atoms with Crippen molar-refractivity contribution in [3.8, 4) is 0 Å². The predicted octanol–water partition coefficient (Wildman–Crippen LogP) is 2.05. The zero-order chi connectivity index (χ0) is 12.7. The van der Waals surface area contributed by atoms with E-state index in [1.165, 1.54) is 0 Å². The summed E-state index contributed by atoms with van der Waals surface area (Å²) < 4.78 is 0. The van der Waals surface area contributed by atoms with Gasteiger partial charge in [0.05, 0.1) is 16.1 Å². The number of benzene rings is 1. The quantitative estimate of drug-likeness (QED) is 0.668. The number of hydrogen-bond donors (Lipinski definition) is 3. The van der Waals surface area contributed by atoms with E-state index in [-0.39, 0.29) is 6.10 Å². The van der Waals surface area contributed by atoms with Crippen LogP contribution in [-0.4, -0.2) is 30.8 Å². The molecule has 0 fully saturated rings. The molecule has 0 bridgehead atoms. The molecule has 0 aliphatic carbocycles. The SMILES string of the molecule is CC(O)CNCCNCc1ccc(Cl)c(Cl)c1. The maximum absolute atomic E-state index is 9.03. The van der Waals surface area contributed by atoms with Gasteiger partial charge in [0, 0.05) is 26.2 Å². The first-order valence-corrected chi connectivity index (χ1v) is 6.38. The highest BCUT2D eigenvalue weighted by Crippen LogP contribution is 2.22. The molecule has 96 valence electrons. The van der Waals surface area contributed by atoms with Crippen LogP contribution in [0.2, 0.25) is 10.0 Å². The average Bonchev–Trinajstić information content (AvgIpc) is 2.27. The Bertz CT molecular complexity index is 345. The van der Waals surface area contributed by atoms with E-state index in [0.717, 1.165) is 25.2 Å². The van der Waals surface area contributed by atoms with Gasteiger partial charge in [0.15, 0.2) is 0 Å². The smallest absolute Gasteiger partial charge is 0.0636 e. The predicted molar refractivity (Wildman–Crippen MR) is 72.7 cm³/mol. The summed E-state index contributed by atoms with van der Waals surface area (Å²) in [5, 5.41) is 16.6. The molecule has 1 aromatic carbocycles. The van der Waals surface area contributed by atoms with Crippen LogP contribution in [0.3, 0.4) is 0 Å². The first-order chi connectivity index (χ1) is 8.09. The number of halogens is 2. The van der Waals surface area contributed by atoms with Gasteiger partial charge in [-0.2, -0.15) is 0 Å². The molecule has 5 heteroatoms. The van der Waals surface area contributed by atoms with E-state index in [0.29, 0.717) is 16.6 Å². The third-order valence-corrected chi connectivity index (χ3v) is 2.97. The summed E-state index contributed by atoms with van der Waals surface area (Å²) in [7, 11) is 0. The molecule has 0 aliphatic heterocycles. The molecule has 0 amide bonds. The number of rotatable bonds is 7. The fraction of sp³-hybridized carbons (Fsp3) is 0.500. The van der Waals surface area contributed by atoms with Crippen molar-refractivity contribution in [2.45, 2.75) is 19.6 Å². The highest BCUT2D eigenvalue weighted by Gasteiger charge is 1.99. The Labute approximate surface area is 112 Å². The van der Waals surface area contributed by atoms with Crippen LogP contribution in [-0.2, 0) is 6.54 Å². The minimum absolute atomic E-state index is 0.301. The van der Waals surface area contributed by atoms with Gasteiger partial charge in [0.1, 0.15) is 0 Å². The summed E-state index contributed by atoms with van der Waals surface area (Å²) in [5.74, 6) is 0. The van der Waals surface area contributed by atoms with Gasteiger partial charge < -0.3 is 15.7 Å². The first-order valence-electron chi connectivity index (χ1n) is 5.63. The van der Waals surface area contributed by atoms with Crippen LogP contribution < -0.4 is 10.6 Å². The van der Waals surface area contributed by atoms with Gasteiger partial charge in [-0.1, -0.05) is 29.3 Å². The molecule has 3 nitrogen and oxygen atoms in total. The van der Waals surface area contributed by atoms with Crippen molar-refractivity contribution >= 4 is 23.2 Å². The van der Waals surface area contributed by atoms with Crippen LogP contribution >= 0.6 is 23.2 Å². The third-order valence-electron chi connectivity index (χ3n) is 2.23. The Hall–Kier alpha value is -0.320. The Morgan fingerprint density at radius 3 is 2.53 bits per heavy atom. The molecule has 0 heterocycles. The minimum Gasteiger partial charge on any atom is -0.392 e. The van der Waals surface area contributed by atoms with Crippen LogP contribution in [0.4, 0.5) is 0 Å². The molecule has 0 saturated heterocycles. The number of aliphatic hydroxyl groups is 1. The summed E-state index contributed by atoms with van der Waals surface area (Å²) >= 11 is 11.7. The number of nitrogens with one attached hydrogen (secondary N) is 2. The second-order valence-corrected chi connectivity index (χ2v) is 4.79. The molecule has 1 unspecified atom stereocenters. The molecular weight excluding hydrogens is 259 g/mol. The van der Waals surface area contributed by atoms with Gasteiger partial charge in [0.2, 0.25) is 0 Å². The molecule has 0 radical (unpaired) electrons. The largest absolute Gasteiger partial charge is 0.392 e. The van der Waals surface area contributed by atoms with Gasteiger partial charge in [-0.25, -0.2) is 0 Å². The number of aliphatic hydroxyl groups excluding tert-OH is 1. The molecule has 3 N–H and O–H groups in total. The monoisotopic (exact) mass is 276 g/mol. The highest BCUT2D eigenvalue weighted by atomic mass is 35.5. The lowest BCUT2D eigenvalue weighted by molar-refractivity contribution is 0.191. The maximum Gasteiger partial charge on any atom is 0.0636 e. The third kappa shape index (κ3) is 6.24. The van der Waals surface area contributed by atoms with Crippen LogP contribution in [0.25, 0.3) is 0 Å². The highest BCUT2D eigenvalue weighted by molar-refractivity contribution is 6.42. The molecule has 1 rings (SSSR count). The number of hydrogen-bond acceptors (Lipinski definition) is 3. The lowest BCUT2D eigenvalue weighted by Gasteiger charge is -2.08. The lowest BCUT2D eigenvalue weighted by atomic mass is 10.2. The van der Waals surface area contributed by atoms with E-state index in [4.69, 9.17) is 28.3 Å². The van der Waals surface area contributed by atoms with Crippen LogP contribution in [0.15, 0.2) is 18.2 Å². The van der Waals surface area contributed by atoms with E-state index in [1.54, 1.807) is 13.0 Å². The second-order valence-electron chi connectivity index (χ2n) is 3.98. The Balaban J connectivity index is 2.16. The zero-order valence-corrected chi connectivity index (χ0v) is 11.4. The fourth-order valence-electron chi connectivity index (χ4n) is 1.37. The summed E-state index contributed by atoms with van der Waals surface area (Å²) in [4.78, 5) is 0. The summed E-state index contributed by atoms with van der Waals surface area (Å²) in [6, 6.07) is 5.61. The molecule has 0 spiro atoms. The molecule has 1 atom stereocenters. The normalized spacial score (nSPS) is 12.7. The lowest BCUT2D eigenvalue weighted by Crippen LogP contribution is -2.31. The Morgan fingerprint density at radius 2 is 1.88 bits per heavy atom. The van der Waals surface area contributed by atoms with Crippen LogP contribution in [0.1, 0.15) is 12.5 Å². The van der Waals surface area contributed by atoms with E-state index >= 15 is 0 Å². The van der Waals surface area contributed by atoms with E-state index in [2.05, 4.69) is 10.6 Å². The average molecular weight is 277 g/mol. The van der Waals surface area contributed by atoms with Crippen molar-refractivity contribution in [3.05, 3.63) is 33.8 Å². The van der Waals surface area contributed by atoms with Gasteiger partial charge in [-0.3, -0.25) is 0 Å². The van der Waals surface area contributed by atoms with Crippen molar-refractivity contribution in [2.75, 3.05) is 19.6 Å². The fourth-order valence-corrected chi connectivity index (χ4v) is 1.69. The maximum atomic E-state index is 9.03. The molecular formula is C12H18Cl2N2O. The van der Waals surface area contributed by atoms with E-state index in [9.17, 15) is 0 Å². The standard InChI is InChI=1S/C12H18Cl2N2O/c1-9(17)7-15-4-5-16-8-10-2-3-11(13)12(14)6-10/h2-3,6,9,15-17H,4-5,7-8H2,1H3. The van der Waals surface area contributed by atoms with Crippen LogP contribution in [0, 0.1) is 0 Å². The van der Waals surface area contributed by atoms with Crippen molar-refractivity contribution in [3.63, 3.8) is 0 Å². The molecule has 0 saturated carbocycles. The van der Waals surface area contributed by atoms with Gasteiger partial charge in [0.25, 0.3) is 0 Å². The van der Waals surface area contributed by atoms with Gasteiger partial charge in [-0.05, 0) is 24.6 Å². The first kappa shape index (κ1) is 14.7. The van der Waals surface area contributed by atoms with E-state index in [1.807, 2.05) is 12.1 Å². The van der Waals surface area contributed by atoms with Crippen LogP contribution in [0.5, 0.6) is 0 Å². The summed E-state index contributed by atoms with van der Waals surface area (Å²) in [6.07, 6.45) is -0.301. The zero-order valence-electron chi connectivity index (χ0n) is 9.84. The van der Waals surface area contributed by atoms with Gasteiger partial charge >= 0.3 is 0 Å². The molecule has 1 aromatic rings. The van der Waals surface area contributed by atoms with Crippen molar-refractivity contribution in [1.29, 1.82) is 0 Å². The topological polar surface area (TPSA) is 44.3 Å². The van der Waals surface area contributed by atoms with Crippen molar-refractivity contribution in [1.82, 2.24) is 10.6 Å². The second kappa shape index (κ2) is 7.90. The molecule has 0 aliphatic rings. The van der Waals surface area contributed by atoms with E-state index < -0.39 is 0 Å². The summed E-state index contributed by atoms with van der Waals surface area (Å²) in [5.41, 5.74) is 1.11. The van der Waals surface area contributed by atoms with Crippen molar-refractivity contribution in [2.24, 2.45) is 0 Å².